The van der Waals surface area contributed by atoms with E-state index < -0.39 is 22.5 Å². The molecule has 2 unspecified atom stereocenters. The summed E-state index contributed by atoms with van der Waals surface area (Å²) in [5.74, 6) is 3.20. The highest BCUT2D eigenvalue weighted by molar-refractivity contribution is 6.20. The molecule has 0 aromatic heterocycles. The molecular formula is C36H61ClO3. The lowest BCUT2D eigenvalue weighted by atomic mass is 9.30. The van der Waals surface area contributed by atoms with Gasteiger partial charge in [-0.3, -0.25) is 0 Å². The molecule has 1 N–H and O–H groups in total. The molecule has 230 valence electrons. The molecule has 0 spiro atoms. The van der Waals surface area contributed by atoms with Crippen LogP contribution in [0.2, 0.25) is 0 Å². The van der Waals surface area contributed by atoms with Gasteiger partial charge in [0.2, 0.25) is 0 Å². The van der Waals surface area contributed by atoms with Gasteiger partial charge in [-0.05, 0) is 134 Å². The lowest BCUT2D eigenvalue weighted by Gasteiger charge is -2.75. The van der Waals surface area contributed by atoms with Gasteiger partial charge < -0.3 is 9.84 Å². The van der Waals surface area contributed by atoms with E-state index in [0.717, 1.165) is 55.8 Å². The van der Waals surface area contributed by atoms with E-state index in [0.29, 0.717) is 24.2 Å². The molecule has 5 saturated carbocycles. The SMILES string of the molecule is CCCCC(Cl)OC(=O)C1(O)CCC(C)(C)[C@@H]2CC[C@]3(C)[C@H](CC[C@@H]4[C@@H]5[C@@H](C)[C@H](C)CC[C@]5(C)CC[C@]43C)[C@]21C. The number of carbonyl (C=O) groups is 1. The maximum atomic E-state index is 14.1. The Morgan fingerprint density at radius 3 is 2.25 bits per heavy atom. The molecule has 0 radical (unpaired) electrons. The topological polar surface area (TPSA) is 46.5 Å². The molecule has 0 amide bonds. The first-order valence-corrected chi connectivity index (χ1v) is 17.5. The Balaban J connectivity index is 1.55. The summed E-state index contributed by atoms with van der Waals surface area (Å²) in [6, 6.07) is 0. The average molecular weight is 577 g/mol. The Bertz CT molecular complexity index is 979. The van der Waals surface area contributed by atoms with Crippen molar-refractivity contribution in [2.24, 2.45) is 62.6 Å². The number of ether oxygens (including phenoxy) is 1. The Hall–Kier alpha value is -0.280. The van der Waals surface area contributed by atoms with Crippen molar-refractivity contribution in [1.29, 1.82) is 0 Å². The van der Waals surface area contributed by atoms with Crippen molar-refractivity contribution < 1.29 is 14.6 Å². The molecule has 40 heavy (non-hydrogen) atoms. The van der Waals surface area contributed by atoms with Crippen molar-refractivity contribution in [2.45, 2.75) is 157 Å². The summed E-state index contributed by atoms with van der Waals surface area (Å²) in [5.41, 5.74) is -1.82. The second kappa shape index (κ2) is 10.1. The molecule has 5 rings (SSSR count). The van der Waals surface area contributed by atoms with Gasteiger partial charge in [0.05, 0.1) is 0 Å². The van der Waals surface area contributed by atoms with Crippen LogP contribution in [0.3, 0.4) is 0 Å². The fraction of sp³-hybridized carbons (Fsp3) is 0.972. The number of hydrogen-bond acceptors (Lipinski definition) is 3. The largest absolute Gasteiger partial charge is 0.444 e. The van der Waals surface area contributed by atoms with E-state index in [4.69, 9.17) is 16.3 Å². The number of esters is 1. The lowest BCUT2D eigenvalue weighted by Crippen LogP contribution is -2.73. The molecule has 12 atom stereocenters. The molecule has 5 aliphatic carbocycles. The molecule has 0 aliphatic heterocycles. The fourth-order valence-electron chi connectivity index (χ4n) is 12.6. The average Bonchev–Trinajstić information content (AvgIpc) is 2.88. The summed E-state index contributed by atoms with van der Waals surface area (Å²) in [7, 11) is 0. The van der Waals surface area contributed by atoms with Gasteiger partial charge in [-0.1, -0.05) is 80.3 Å². The molecule has 0 aromatic carbocycles. The van der Waals surface area contributed by atoms with E-state index in [1.807, 2.05) is 0 Å². The monoisotopic (exact) mass is 576 g/mol. The van der Waals surface area contributed by atoms with E-state index >= 15 is 0 Å². The minimum Gasteiger partial charge on any atom is -0.444 e. The predicted octanol–water partition coefficient (Wildman–Crippen LogP) is 9.77. The first-order valence-electron chi connectivity index (χ1n) is 17.1. The molecule has 5 fully saturated rings. The third-order valence-electron chi connectivity index (χ3n) is 15.5. The maximum absolute atomic E-state index is 14.1. The molecule has 4 heteroatoms. The highest BCUT2D eigenvalue weighted by Gasteiger charge is 2.75. The quantitative estimate of drug-likeness (QED) is 0.261. The molecule has 3 nitrogen and oxygen atoms in total. The van der Waals surface area contributed by atoms with E-state index in [1.54, 1.807) is 0 Å². The van der Waals surface area contributed by atoms with Crippen LogP contribution in [-0.2, 0) is 9.53 Å². The van der Waals surface area contributed by atoms with Crippen molar-refractivity contribution in [2.75, 3.05) is 0 Å². The van der Waals surface area contributed by atoms with Crippen molar-refractivity contribution in [1.82, 2.24) is 0 Å². The second-order valence-electron chi connectivity index (χ2n) is 17.3. The van der Waals surface area contributed by atoms with Gasteiger partial charge in [0, 0.05) is 5.41 Å². The number of alkyl halides is 1. The Morgan fingerprint density at radius 1 is 0.875 bits per heavy atom. The zero-order chi connectivity index (χ0) is 29.5. The zero-order valence-electron chi connectivity index (χ0n) is 27.4. The van der Waals surface area contributed by atoms with Gasteiger partial charge in [-0.15, -0.1) is 0 Å². The van der Waals surface area contributed by atoms with Crippen molar-refractivity contribution in [3.8, 4) is 0 Å². The van der Waals surface area contributed by atoms with Gasteiger partial charge in [-0.25, -0.2) is 4.79 Å². The van der Waals surface area contributed by atoms with Crippen LogP contribution in [0.1, 0.15) is 146 Å². The smallest absolute Gasteiger partial charge is 0.340 e. The summed E-state index contributed by atoms with van der Waals surface area (Å²) in [6.07, 6.45) is 13.9. The van der Waals surface area contributed by atoms with E-state index in [2.05, 4.69) is 62.3 Å². The molecule has 5 aliphatic rings. The minimum atomic E-state index is -1.49. The van der Waals surface area contributed by atoms with E-state index in [9.17, 15) is 9.90 Å². The number of halogens is 1. The van der Waals surface area contributed by atoms with Gasteiger partial charge in [0.15, 0.2) is 11.2 Å². The number of fused-ring (bicyclic) bond motifs is 7. The highest BCUT2D eigenvalue weighted by Crippen LogP contribution is 2.78. The van der Waals surface area contributed by atoms with E-state index in [1.165, 1.54) is 38.5 Å². The van der Waals surface area contributed by atoms with Crippen molar-refractivity contribution in [3.05, 3.63) is 0 Å². The predicted molar refractivity (Wildman–Crippen MR) is 165 cm³/mol. The standard InChI is InChI=1S/C36H61ClO3/c1-10-11-12-28(37)40-30(38)36(39)22-19-31(4,5)26-16-18-34(8)27(35(26,36)9)14-13-25-29-24(3)23(2)15-17-32(29,6)20-21-33(25,34)7/h23-29,39H,10-22H2,1-9H3/t23-,24+,25-,26+,27+,28?,29+,32-,33-,34-,35+,36?/m1/s1. The van der Waals surface area contributed by atoms with Crippen LogP contribution in [0.15, 0.2) is 0 Å². The Morgan fingerprint density at radius 2 is 1.57 bits per heavy atom. The lowest BCUT2D eigenvalue weighted by molar-refractivity contribution is -0.292. The third-order valence-corrected chi connectivity index (χ3v) is 15.8. The first-order chi connectivity index (χ1) is 18.5. The van der Waals surface area contributed by atoms with Crippen molar-refractivity contribution in [3.63, 3.8) is 0 Å². The van der Waals surface area contributed by atoms with Crippen LogP contribution >= 0.6 is 11.6 Å². The normalized spacial score (nSPS) is 52.4. The second-order valence-corrected chi connectivity index (χ2v) is 17.8. The fourth-order valence-corrected chi connectivity index (χ4v) is 12.8. The first kappa shape index (κ1) is 31.2. The summed E-state index contributed by atoms with van der Waals surface area (Å²) in [4.78, 5) is 14.1. The summed E-state index contributed by atoms with van der Waals surface area (Å²) < 4.78 is 5.91. The summed E-state index contributed by atoms with van der Waals surface area (Å²) in [6.45, 7) is 22.1. The van der Waals surface area contributed by atoms with Gasteiger partial charge in [-0.2, -0.15) is 0 Å². The van der Waals surface area contributed by atoms with E-state index in [-0.39, 0.29) is 22.2 Å². The van der Waals surface area contributed by atoms with Crippen LogP contribution in [0, 0.1) is 62.6 Å². The Labute approximate surface area is 251 Å². The van der Waals surface area contributed by atoms with Crippen LogP contribution in [0.5, 0.6) is 0 Å². The van der Waals surface area contributed by atoms with Gasteiger partial charge in [0.1, 0.15) is 0 Å². The molecule has 0 aromatic rings. The number of carbonyl (C=O) groups excluding carboxylic acids is 1. The molecule has 0 bridgehead atoms. The van der Waals surface area contributed by atoms with Gasteiger partial charge >= 0.3 is 5.97 Å². The number of rotatable bonds is 5. The summed E-state index contributed by atoms with van der Waals surface area (Å²) in [5, 5.41) is 12.7. The highest BCUT2D eigenvalue weighted by atomic mass is 35.5. The molecular weight excluding hydrogens is 516 g/mol. The maximum Gasteiger partial charge on any atom is 0.340 e. The third kappa shape index (κ3) is 4.15. The van der Waals surface area contributed by atoms with Gasteiger partial charge in [0.25, 0.3) is 0 Å². The van der Waals surface area contributed by atoms with Crippen molar-refractivity contribution >= 4 is 17.6 Å². The summed E-state index contributed by atoms with van der Waals surface area (Å²) >= 11 is 6.54. The number of hydrogen-bond donors (Lipinski definition) is 1. The molecule has 0 heterocycles. The van der Waals surface area contributed by atoms with Crippen LogP contribution in [-0.4, -0.2) is 22.2 Å². The zero-order valence-corrected chi connectivity index (χ0v) is 28.1. The number of unbranched alkanes of at least 4 members (excludes halogenated alkanes) is 1. The number of aliphatic hydroxyl groups is 1. The minimum absolute atomic E-state index is 0.0847. The van der Waals surface area contributed by atoms with Crippen LogP contribution < -0.4 is 0 Å². The molecule has 0 saturated heterocycles. The van der Waals surface area contributed by atoms with Crippen LogP contribution in [0.25, 0.3) is 0 Å². The Kier molecular flexibility index (Phi) is 7.90. The van der Waals surface area contributed by atoms with Crippen LogP contribution in [0.4, 0.5) is 0 Å².